The largest absolute Gasteiger partial charge is 0.489 e. The third-order valence-electron chi connectivity index (χ3n) is 2.29. The molecule has 0 aromatic heterocycles. The van der Waals surface area contributed by atoms with Gasteiger partial charge in [-0.15, -0.1) is 0 Å². The molecule has 1 rings (SSSR count). The summed E-state index contributed by atoms with van der Waals surface area (Å²) < 4.78 is 10.7. The van der Waals surface area contributed by atoms with Gasteiger partial charge in [0.15, 0.2) is 0 Å². The minimum absolute atomic E-state index is 0.0844. The molecular weight excluding hydrogens is 226 g/mol. The smallest absolute Gasteiger partial charge is 0.138 e. The van der Waals surface area contributed by atoms with Crippen LogP contribution in [0.15, 0.2) is 18.2 Å². The van der Waals surface area contributed by atoms with E-state index in [-0.39, 0.29) is 6.10 Å². The molecule has 3 nitrogen and oxygen atoms in total. The summed E-state index contributed by atoms with van der Waals surface area (Å²) in [5.41, 5.74) is 6.52. The third-order valence-corrected chi connectivity index (χ3v) is 2.58. The maximum Gasteiger partial charge on any atom is 0.138 e. The predicted octanol–water partition coefficient (Wildman–Crippen LogP) is 2.60. The lowest BCUT2D eigenvalue weighted by molar-refractivity contribution is 0.135. The van der Waals surface area contributed by atoms with E-state index in [2.05, 4.69) is 0 Å². The van der Waals surface area contributed by atoms with Crippen molar-refractivity contribution in [1.82, 2.24) is 0 Å². The van der Waals surface area contributed by atoms with Crippen molar-refractivity contribution >= 4 is 11.6 Å². The summed E-state index contributed by atoms with van der Waals surface area (Å²) >= 11 is 6.07. The normalized spacial score (nSPS) is 12.5. The minimum atomic E-state index is 0.0844. The van der Waals surface area contributed by atoms with Gasteiger partial charge in [-0.2, -0.15) is 0 Å². The van der Waals surface area contributed by atoms with Gasteiger partial charge in [0.1, 0.15) is 5.75 Å². The monoisotopic (exact) mass is 243 g/mol. The van der Waals surface area contributed by atoms with Gasteiger partial charge in [0, 0.05) is 26.7 Å². The van der Waals surface area contributed by atoms with Crippen LogP contribution in [0, 0.1) is 0 Å². The fourth-order valence-corrected chi connectivity index (χ4v) is 1.57. The average molecular weight is 244 g/mol. The Morgan fingerprint density at radius 3 is 2.75 bits per heavy atom. The van der Waals surface area contributed by atoms with Gasteiger partial charge in [0.25, 0.3) is 0 Å². The molecule has 2 N–H and O–H groups in total. The molecule has 1 atom stereocenters. The number of nitrogens with two attached hydrogens (primary N) is 1. The van der Waals surface area contributed by atoms with Gasteiger partial charge in [-0.05, 0) is 24.6 Å². The van der Waals surface area contributed by atoms with Crippen LogP contribution in [-0.4, -0.2) is 19.8 Å². The van der Waals surface area contributed by atoms with Crippen LogP contribution < -0.4 is 10.5 Å². The molecule has 0 saturated heterocycles. The van der Waals surface area contributed by atoms with E-state index in [1.165, 1.54) is 0 Å². The van der Waals surface area contributed by atoms with Gasteiger partial charge in [-0.25, -0.2) is 0 Å². The first-order chi connectivity index (χ1) is 7.67. The summed E-state index contributed by atoms with van der Waals surface area (Å²) in [6.07, 6.45) is 0.923. The Morgan fingerprint density at radius 2 is 2.19 bits per heavy atom. The van der Waals surface area contributed by atoms with Crippen LogP contribution in [-0.2, 0) is 11.3 Å². The molecule has 0 radical (unpaired) electrons. The third kappa shape index (κ3) is 4.00. The zero-order valence-electron chi connectivity index (χ0n) is 9.70. The van der Waals surface area contributed by atoms with Crippen molar-refractivity contribution in [2.75, 3.05) is 13.7 Å². The topological polar surface area (TPSA) is 44.5 Å². The quantitative estimate of drug-likeness (QED) is 0.835. The molecular formula is C12H18ClNO2. The molecule has 1 aromatic rings. The molecule has 0 fully saturated rings. The maximum atomic E-state index is 6.07. The second-order valence-electron chi connectivity index (χ2n) is 3.68. The molecule has 1 unspecified atom stereocenters. The van der Waals surface area contributed by atoms with Crippen LogP contribution in [0.2, 0.25) is 5.02 Å². The molecule has 90 valence electrons. The number of ether oxygens (including phenoxy) is 2. The van der Waals surface area contributed by atoms with Gasteiger partial charge in [-0.1, -0.05) is 17.7 Å². The van der Waals surface area contributed by atoms with E-state index in [0.717, 1.165) is 12.0 Å². The Labute approximate surface area is 101 Å². The Kier molecular flexibility index (Phi) is 5.60. The van der Waals surface area contributed by atoms with E-state index < -0.39 is 0 Å². The zero-order valence-corrected chi connectivity index (χ0v) is 10.5. The van der Waals surface area contributed by atoms with Crippen molar-refractivity contribution in [3.05, 3.63) is 28.8 Å². The van der Waals surface area contributed by atoms with Crippen LogP contribution in [0.4, 0.5) is 0 Å². The second-order valence-corrected chi connectivity index (χ2v) is 4.09. The first kappa shape index (κ1) is 13.3. The summed E-state index contributed by atoms with van der Waals surface area (Å²) in [4.78, 5) is 0. The molecule has 1 aromatic carbocycles. The molecule has 0 spiro atoms. The van der Waals surface area contributed by atoms with Crippen molar-refractivity contribution in [1.29, 1.82) is 0 Å². The Hall–Kier alpha value is -0.770. The van der Waals surface area contributed by atoms with Crippen LogP contribution in [0.1, 0.15) is 18.9 Å². The van der Waals surface area contributed by atoms with Gasteiger partial charge < -0.3 is 15.2 Å². The van der Waals surface area contributed by atoms with E-state index in [4.69, 9.17) is 26.8 Å². The number of benzene rings is 1. The van der Waals surface area contributed by atoms with E-state index in [0.29, 0.717) is 23.9 Å². The Bertz CT molecular complexity index is 331. The summed E-state index contributed by atoms with van der Waals surface area (Å²) in [6.45, 7) is 3.16. The van der Waals surface area contributed by atoms with Crippen LogP contribution in [0.25, 0.3) is 0 Å². The predicted molar refractivity (Wildman–Crippen MR) is 65.9 cm³/mol. The highest BCUT2D eigenvalue weighted by Crippen LogP contribution is 2.26. The number of halogens is 1. The lowest BCUT2D eigenvalue weighted by Crippen LogP contribution is -2.14. The first-order valence-corrected chi connectivity index (χ1v) is 5.69. The lowest BCUT2D eigenvalue weighted by Gasteiger charge is -2.15. The first-order valence-electron chi connectivity index (χ1n) is 5.31. The SMILES string of the molecule is COCCC(C)Oc1ccc(CN)cc1Cl. The van der Waals surface area contributed by atoms with Crippen LogP contribution in [0.3, 0.4) is 0 Å². The highest BCUT2D eigenvalue weighted by Gasteiger charge is 2.07. The lowest BCUT2D eigenvalue weighted by atomic mass is 10.2. The van der Waals surface area contributed by atoms with E-state index in [1.54, 1.807) is 7.11 Å². The Balaban J connectivity index is 2.59. The highest BCUT2D eigenvalue weighted by molar-refractivity contribution is 6.32. The molecule has 0 aliphatic heterocycles. The molecule has 0 aliphatic carbocycles. The number of hydrogen-bond donors (Lipinski definition) is 1. The summed E-state index contributed by atoms with van der Waals surface area (Å²) in [5, 5.41) is 0.604. The van der Waals surface area contributed by atoms with Gasteiger partial charge in [0.2, 0.25) is 0 Å². The van der Waals surface area contributed by atoms with Gasteiger partial charge in [0.05, 0.1) is 11.1 Å². The molecule has 0 amide bonds. The number of hydrogen-bond acceptors (Lipinski definition) is 3. The van der Waals surface area contributed by atoms with Crippen molar-refractivity contribution < 1.29 is 9.47 Å². The van der Waals surface area contributed by atoms with Crippen LogP contribution >= 0.6 is 11.6 Å². The Morgan fingerprint density at radius 1 is 1.44 bits per heavy atom. The number of methoxy groups -OCH3 is 1. The van der Waals surface area contributed by atoms with E-state index in [9.17, 15) is 0 Å². The summed E-state index contributed by atoms with van der Waals surface area (Å²) in [7, 11) is 1.68. The second kappa shape index (κ2) is 6.74. The maximum absolute atomic E-state index is 6.07. The van der Waals surface area contributed by atoms with Crippen LogP contribution in [0.5, 0.6) is 5.75 Å². The summed E-state index contributed by atoms with van der Waals surface area (Å²) in [5.74, 6) is 0.697. The number of rotatable bonds is 6. The average Bonchev–Trinajstić information content (AvgIpc) is 2.29. The van der Waals surface area contributed by atoms with Gasteiger partial charge in [-0.3, -0.25) is 0 Å². The highest BCUT2D eigenvalue weighted by atomic mass is 35.5. The fourth-order valence-electron chi connectivity index (χ4n) is 1.33. The molecule has 4 heteroatoms. The van der Waals surface area contributed by atoms with Crippen molar-refractivity contribution in [2.24, 2.45) is 5.73 Å². The molecule has 16 heavy (non-hydrogen) atoms. The summed E-state index contributed by atoms with van der Waals surface area (Å²) in [6, 6.07) is 5.61. The molecule has 0 bridgehead atoms. The molecule has 0 saturated carbocycles. The van der Waals surface area contributed by atoms with Crippen molar-refractivity contribution in [3.63, 3.8) is 0 Å². The van der Waals surface area contributed by atoms with Crippen molar-refractivity contribution in [2.45, 2.75) is 26.0 Å². The molecule has 0 aliphatic rings. The minimum Gasteiger partial charge on any atom is -0.489 e. The fraction of sp³-hybridized carbons (Fsp3) is 0.500. The van der Waals surface area contributed by atoms with E-state index >= 15 is 0 Å². The molecule has 0 heterocycles. The van der Waals surface area contributed by atoms with Gasteiger partial charge >= 0.3 is 0 Å². The standard InChI is InChI=1S/C12H18ClNO2/c1-9(5-6-15-2)16-12-4-3-10(8-14)7-11(12)13/h3-4,7,9H,5-6,8,14H2,1-2H3. The zero-order chi connectivity index (χ0) is 12.0. The van der Waals surface area contributed by atoms with E-state index in [1.807, 2.05) is 25.1 Å². The van der Waals surface area contributed by atoms with Crippen molar-refractivity contribution in [3.8, 4) is 5.75 Å².